The summed E-state index contributed by atoms with van der Waals surface area (Å²) in [7, 11) is 1.67. The molecular weight excluding hydrogens is 282 g/mol. The van der Waals surface area contributed by atoms with Crippen molar-refractivity contribution in [2.24, 2.45) is 0 Å². The molecule has 108 valence electrons. The highest BCUT2D eigenvalue weighted by molar-refractivity contribution is 7.11. The van der Waals surface area contributed by atoms with E-state index in [0.717, 1.165) is 27.3 Å². The smallest absolute Gasteiger partial charge is 0.134 e. The molecule has 1 aromatic carbocycles. The number of fused-ring (bicyclic) bond motifs is 1. The molecule has 0 saturated heterocycles. The summed E-state index contributed by atoms with van der Waals surface area (Å²) in [6.07, 6.45) is 3.72. The number of aryl methyl sites for hydroxylation is 1. The maximum Gasteiger partial charge on any atom is 0.134 e. The van der Waals surface area contributed by atoms with E-state index in [1.807, 2.05) is 36.7 Å². The molecule has 5 heteroatoms. The number of ether oxygens (including phenoxy) is 1. The van der Waals surface area contributed by atoms with E-state index in [1.54, 1.807) is 18.4 Å². The van der Waals surface area contributed by atoms with Crippen molar-refractivity contribution in [1.29, 1.82) is 0 Å². The summed E-state index contributed by atoms with van der Waals surface area (Å²) in [5.41, 5.74) is 0. The van der Waals surface area contributed by atoms with Crippen LogP contribution in [0.3, 0.4) is 0 Å². The van der Waals surface area contributed by atoms with E-state index >= 15 is 0 Å². The minimum atomic E-state index is 0.119. The molecule has 0 spiro atoms. The Morgan fingerprint density at radius 2 is 2.10 bits per heavy atom. The van der Waals surface area contributed by atoms with Crippen molar-refractivity contribution in [3.8, 4) is 5.75 Å². The SMILES string of the molecule is COc1ccc2ccnc(NC(C)c3ncc(C)s3)c2c1. The van der Waals surface area contributed by atoms with Gasteiger partial charge in [0.05, 0.1) is 13.2 Å². The summed E-state index contributed by atoms with van der Waals surface area (Å²) in [6.45, 7) is 4.16. The normalized spacial score (nSPS) is 12.3. The molecule has 2 aromatic heterocycles. The zero-order chi connectivity index (χ0) is 14.8. The van der Waals surface area contributed by atoms with Crippen LogP contribution in [0.2, 0.25) is 0 Å². The number of hydrogen-bond donors (Lipinski definition) is 1. The standard InChI is InChI=1S/C16H17N3OS/c1-10-9-18-16(21-10)11(2)19-15-14-8-13(20-3)5-4-12(14)6-7-17-15/h4-9,11H,1-3H3,(H,17,19). The van der Waals surface area contributed by atoms with Gasteiger partial charge in [0.2, 0.25) is 0 Å². The Labute approximate surface area is 127 Å². The van der Waals surface area contributed by atoms with E-state index in [0.29, 0.717) is 0 Å². The van der Waals surface area contributed by atoms with Gasteiger partial charge in [-0.2, -0.15) is 0 Å². The lowest BCUT2D eigenvalue weighted by molar-refractivity contribution is 0.415. The Hall–Kier alpha value is -2.14. The highest BCUT2D eigenvalue weighted by Crippen LogP contribution is 2.29. The van der Waals surface area contributed by atoms with Gasteiger partial charge in [-0.3, -0.25) is 0 Å². The average Bonchev–Trinajstić information content (AvgIpc) is 2.94. The first-order chi connectivity index (χ1) is 10.2. The van der Waals surface area contributed by atoms with Gasteiger partial charge in [0.1, 0.15) is 16.6 Å². The van der Waals surface area contributed by atoms with Gasteiger partial charge in [0.25, 0.3) is 0 Å². The van der Waals surface area contributed by atoms with Crippen molar-refractivity contribution in [1.82, 2.24) is 9.97 Å². The van der Waals surface area contributed by atoms with Crippen molar-refractivity contribution in [3.63, 3.8) is 0 Å². The molecule has 0 saturated carbocycles. The zero-order valence-corrected chi connectivity index (χ0v) is 13.1. The Morgan fingerprint density at radius 1 is 1.24 bits per heavy atom. The fourth-order valence-electron chi connectivity index (χ4n) is 2.23. The van der Waals surface area contributed by atoms with Gasteiger partial charge in [-0.05, 0) is 37.4 Å². The van der Waals surface area contributed by atoms with Crippen LogP contribution in [0.1, 0.15) is 22.9 Å². The first kappa shape index (κ1) is 13.8. The Morgan fingerprint density at radius 3 is 2.81 bits per heavy atom. The number of nitrogens with one attached hydrogen (secondary N) is 1. The average molecular weight is 299 g/mol. The van der Waals surface area contributed by atoms with Gasteiger partial charge in [-0.25, -0.2) is 9.97 Å². The largest absolute Gasteiger partial charge is 0.497 e. The Bertz CT molecular complexity index is 769. The molecule has 0 bridgehead atoms. The number of rotatable bonds is 4. The minimum Gasteiger partial charge on any atom is -0.497 e. The van der Waals surface area contributed by atoms with Crippen molar-refractivity contribution in [3.05, 3.63) is 46.5 Å². The van der Waals surface area contributed by atoms with E-state index in [-0.39, 0.29) is 6.04 Å². The van der Waals surface area contributed by atoms with Crippen LogP contribution in [0.4, 0.5) is 5.82 Å². The van der Waals surface area contributed by atoms with E-state index in [9.17, 15) is 0 Å². The van der Waals surface area contributed by atoms with Gasteiger partial charge >= 0.3 is 0 Å². The monoisotopic (exact) mass is 299 g/mol. The molecule has 3 aromatic rings. The molecule has 1 unspecified atom stereocenters. The number of thiazole rings is 1. The second kappa shape index (κ2) is 5.69. The van der Waals surface area contributed by atoms with Crippen molar-refractivity contribution in [2.75, 3.05) is 12.4 Å². The molecular formula is C16H17N3OS. The van der Waals surface area contributed by atoms with Gasteiger partial charge in [0, 0.05) is 22.7 Å². The first-order valence-electron chi connectivity index (χ1n) is 6.79. The Balaban J connectivity index is 1.96. The lowest BCUT2D eigenvalue weighted by atomic mass is 10.1. The number of pyridine rings is 1. The maximum absolute atomic E-state index is 5.30. The highest BCUT2D eigenvalue weighted by atomic mass is 32.1. The van der Waals surface area contributed by atoms with Crippen molar-refractivity contribution < 1.29 is 4.74 Å². The number of benzene rings is 1. The molecule has 0 aliphatic carbocycles. The molecule has 0 amide bonds. The number of nitrogens with zero attached hydrogens (tertiary/aromatic N) is 2. The molecule has 21 heavy (non-hydrogen) atoms. The molecule has 1 atom stereocenters. The van der Waals surface area contributed by atoms with Crippen LogP contribution in [0.5, 0.6) is 5.75 Å². The fourth-order valence-corrected chi connectivity index (χ4v) is 3.01. The fraction of sp³-hybridized carbons (Fsp3) is 0.250. The third-order valence-electron chi connectivity index (χ3n) is 3.34. The molecule has 0 radical (unpaired) electrons. The van der Waals surface area contributed by atoms with Crippen LogP contribution in [0.25, 0.3) is 10.8 Å². The summed E-state index contributed by atoms with van der Waals surface area (Å²) in [6, 6.07) is 8.12. The van der Waals surface area contributed by atoms with Gasteiger partial charge in [0.15, 0.2) is 0 Å². The molecule has 4 nitrogen and oxygen atoms in total. The van der Waals surface area contributed by atoms with Crippen LogP contribution >= 0.6 is 11.3 Å². The number of hydrogen-bond acceptors (Lipinski definition) is 5. The lowest BCUT2D eigenvalue weighted by Gasteiger charge is -2.14. The topological polar surface area (TPSA) is 47.0 Å². The predicted octanol–water partition coefficient (Wildman–Crippen LogP) is 4.18. The second-order valence-corrected chi connectivity index (χ2v) is 6.19. The van der Waals surface area contributed by atoms with Gasteiger partial charge in [-0.1, -0.05) is 6.07 Å². The molecule has 3 rings (SSSR count). The van der Waals surface area contributed by atoms with Gasteiger partial charge in [-0.15, -0.1) is 11.3 Å². The number of methoxy groups -OCH3 is 1. The molecule has 2 heterocycles. The lowest BCUT2D eigenvalue weighted by Crippen LogP contribution is -2.07. The van der Waals surface area contributed by atoms with E-state index < -0.39 is 0 Å². The number of anilines is 1. The summed E-state index contributed by atoms with van der Waals surface area (Å²) in [5.74, 6) is 1.68. The summed E-state index contributed by atoms with van der Waals surface area (Å²) < 4.78 is 5.30. The molecule has 0 fully saturated rings. The third kappa shape index (κ3) is 2.83. The van der Waals surface area contributed by atoms with Crippen LogP contribution in [0.15, 0.2) is 36.7 Å². The van der Waals surface area contributed by atoms with Gasteiger partial charge < -0.3 is 10.1 Å². The molecule has 0 aliphatic rings. The first-order valence-corrected chi connectivity index (χ1v) is 7.60. The maximum atomic E-state index is 5.30. The summed E-state index contributed by atoms with van der Waals surface area (Å²) >= 11 is 1.70. The van der Waals surface area contributed by atoms with E-state index in [2.05, 4.69) is 29.1 Å². The molecule has 0 aliphatic heterocycles. The number of aromatic nitrogens is 2. The predicted molar refractivity (Wildman–Crippen MR) is 87.2 cm³/mol. The van der Waals surface area contributed by atoms with Crippen LogP contribution in [-0.2, 0) is 0 Å². The summed E-state index contributed by atoms with van der Waals surface area (Å²) in [5, 5.41) is 6.70. The van der Waals surface area contributed by atoms with Crippen molar-refractivity contribution >= 4 is 27.9 Å². The highest BCUT2D eigenvalue weighted by Gasteiger charge is 2.12. The van der Waals surface area contributed by atoms with Crippen LogP contribution < -0.4 is 10.1 Å². The zero-order valence-electron chi connectivity index (χ0n) is 12.3. The van der Waals surface area contributed by atoms with Crippen molar-refractivity contribution in [2.45, 2.75) is 19.9 Å². The Kier molecular flexibility index (Phi) is 3.75. The van der Waals surface area contributed by atoms with E-state index in [1.165, 1.54) is 4.88 Å². The van der Waals surface area contributed by atoms with Crippen LogP contribution in [-0.4, -0.2) is 17.1 Å². The van der Waals surface area contributed by atoms with E-state index in [4.69, 9.17) is 4.74 Å². The third-order valence-corrected chi connectivity index (χ3v) is 4.43. The van der Waals surface area contributed by atoms with Crippen LogP contribution in [0, 0.1) is 6.92 Å². The molecule has 1 N–H and O–H groups in total. The summed E-state index contributed by atoms with van der Waals surface area (Å²) in [4.78, 5) is 10.1. The minimum absolute atomic E-state index is 0.119. The second-order valence-electron chi connectivity index (χ2n) is 4.92. The quantitative estimate of drug-likeness (QED) is 0.785.